The van der Waals surface area contributed by atoms with Gasteiger partial charge in [-0.15, -0.1) is 0 Å². The Hall–Kier alpha value is -2.95. The molecule has 0 heterocycles. The number of ether oxygens (including phenoxy) is 4. The zero-order chi connectivity index (χ0) is 26.8. The molecule has 0 N–H and O–H groups in total. The van der Waals surface area contributed by atoms with Gasteiger partial charge < -0.3 is 37.4 Å². The zero-order valence-electron chi connectivity index (χ0n) is 21.0. The van der Waals surface area contributed by atoms with Gasteiger partial charge in [0.2, 0.25) is 0 Å². The molecule has 0 aliphatic heterocycles. The van der Waals surface area contributed by atoms with E-state index in [2.05, 4.69) is 0 Å². The summed E-state index contributed by atoms with van der Waals surface area (Å²) in [5.41, 5.74) is 0.418. The molecule has 198 valence electrons. The van der Waals surface area contributed by atoms with Crippen LogP contribution < -0.4 is 14.4 Å². The molecular weight excluding hydrogens is 493 g/mol. The second kappa shape index (κ2) is 13.4. The van der Waals surface area contributed by atoms with Crippen molar-refractivity contribution in [3.63, 3.8) is 0 Å². The molecular formula is C24H32NO10P. The summed E-state index contributed by atoms with van der Waals surface area (Å²) >= 11 is 0. The first-order valence-corrected chi connectivity index (χ1v) is 12.5. The average molecular weight is 525 g/mol. The van der Waals surface area contributed by atoms with Gasteiger partial charge >= 0.3 is 11.9 Å². The monoisotopic (exact) mass is 525 g/mol. The third-order valence-corrected chi connectivity index (χ3v) is 5.72. The second-order valence-corrected chi connectivity index (χ2v) is 10.1. The molecule has 0 saturated carbocycles. The number of nitrogens with zero attached hydrogens (tertiary/aromatic N) is 1. The SMILES string of the molecule is COc1ccc(C(=O)OC[C@H](COP(=O)([O-])OCC[N+](C)(C)C)OC(=O)c2ccc(OC)cc2)cc1. The van der Waals surface area contributed by atoms with Gasteiger partial charge in [-0.05, 0) is 48.5 Å². The highest BCUT2D eigenvalue weighted by Gasteiger charge is 2.23. The van der Waals surface area contributed by atoms with Gasteiger partial charge in [0.15, 0.2) is 6.10 Å². The van der Waals surface area contributed by atoms with E-state index in [1.165, 1.54) is 38.5 Å². The fourth-order valence-corrected chi connectivity index (χ4v) is 3.41. The number of rotatable bonds is 14. The van der Waals surface area contributed by atoms with Crippen LogP contribution in [-0.4, -0.2) is 84.3 Å². The Labute approximate surface area is 210 Å². The van der Waals surface area contributed by atoms with Gasteiger partial charge in [-0.2, -0.15) is 0 Å². The number of methoxy groups -OCH3 is 2. The Balaban J connectivity index is 2.04. The number of likely N-dealkylation sites (N-methyl/N-ethyl adjacent to an activating group) is 1. The van der Waals surface area contributed by atoms with Gasteiger partial charge in [-0.25, -0.2) is 9.59 Å². The Kier molecular flexibility index (Phi) is 10.9. The van der Waals surface area contributed by atoms with E-state index in [-0.39, 0.29) is 17.7 Å². The zero-order valence-corrected chi connectivity index (χ0v) is 21.9. The summed E-state index contributed by atoms with van der Waals surface area (Å²) in [6, 6.07) is 12.3. The predicted octanol–water partition coefficient (Wildman–Crippen LogP) is 2.29. The Morgan fingerprint density at radius 3 is 1.81 bits per heavy atom. The molecule has 0 saturated heterocycles. The van der Waals surface area contributed by atoms with Crippen LogP contribution in [-0.2, 0) is 23.1 Å². The van der Waals surface area contributed by atoms with E-state index in [0.717, 1.165) is 0 Å². The number of esters is 2. The molecule has 0 spiro atoms. The van der Waals surface area contributed by atoms with E-state index in [9.17, 15) is 19.0 Å². The summed E-state index contributed by atoms with van der Waals surface area (Å²) in [6.07, 6.45) is -1.23. The molecule has 0 bridgehead atoms. The Morgan fingerprint density at radius 1 is 0.833 bits per heavy atom. The molecule has 11 nitrogen and oxygen atoms in total. The van der Waals surface area contributed by atoms with E-state index in [1.807, 2.05) is 21.1 Å². The van der Waals surface area contributed by atoms with Crippen molar-refractivity contribution in [2.75, 3.05) is 61.7 Å². The van der Waals surface area contributed by atoms with E-state index in [4.69, 9.17) is 28.0 Å². The average Bonchev–Trinajstić information content (AvgIpc) is 2.84. The number of carbonyl (C=O) groups excluding carboxylic acids is 2. The van der Waals surface area contributed by atoms with Crippen molar-refractivity contribution < 1.29 is 51.5 Å². The highest BCUT2D eigenvalue weighted by Crippen LogP contribution is 2.38. The minimum absolute atomic E-state index is 0.0902. The molecule has 36 heavy (non-hydrogen) atoms. The van der Waals surface area contributed by atoms with Gasteiger partial charge in [-0.3, -0.25) is 4.57 Å². The fraction of sp³-hybridized carbons (Fsp3) is 0.417. The van der Waals surface area contributed by atoms with Crippen LogP contribution in [0, 0.1) is 0 Å². The van der Waals surface area contributed by atoms with E-state index in [1.54, 1.807) is 24.3 Å². The van der Waals surface area contributed by atoms with Gasteiger partial charge in [0.25, 0.3) is 7.82 Å². The number of hydrogen-bond donors (Lipinski definition) is 0. The van der Waals surface area contributed by atoms with Crippen molar-refractivity contribution >= 4 is 19.8 Å². The van der Waals surface area contributed by atoms with Gasteiger partial charge in [0, 0.05) is 0 Å². The normalized spacial score (nSPS) is 13.8. The lowest BCUT2D eigenvalue weighted by atomic mass is 10.2. The predicted molar refractivity (Wildman–Crippen MR) is 128 cm³/mol. The maximum Gasteiger partial charge on any atom is 0.338 e. The van der Waals surface area contributed by atoms with Gasteiger partial charge in [0.1, 0.15) is 31.3 Å². The molecule has 12 heteroatoms. The minimum atomic E-state index is -4.70. The summed E-state index contributed by atoms with van der Waals surface area (Å²) in [7, 11) is 3.93. The van der Waals surface area contributed by atoms with Gasteiger partial charge in [-0.1, -0.05) is 0 Å². The third-order valence-electron chi connectivity index (χ3n) is 4.76. The number of phosphoric ester groups is 1. The summed E-state index contributed by atoms with van der Waals surface area (Å²) < 4.78 is 43.2. The molecule has 2 rings (SSSR count). The molecule has 0 fully saturated rings. The summed E-state index contributed by atoms with van der Waals surface area (Å²) in [5, 5.41) is 0. The number of benzene rings is 2. The molecule has 2 aromatic carbocycles. The molecule has 0 aliphatic rings. The van der Waals surface area contributed by atoms with Crippen molar-refractivity contribution in [3.8, 4) is 11.5 Å². The molecule has 0 amide bonds. The lowest BCUT2D eigenvalue weighted by molar-refractivity contribution is -0.870. The third kappa shape index (κ3) is 10.3. The summed E-state index contributed by atoms with van der Waals surface area (Å²) in [5.74, 6) is -0.369. The highest BCUT2D eigenvalue weighted by molar-refractivity contribution is 7.45. The molecule has 2 aromatic rings. The van der Waals surface area contributed by atoms with E-state index < -0.39 is 39.1 Å². The number of phosphoric acid groups is 1. The van der Waals surface area contributed by atoms with Crippen molar-refractivity contribution in [2.45, 2.75) is 6.10 Å². The molecule has 1 unspecified atom stereocenters. The van der Waals surface area contributed by atoms with E-state index >= 15 is 0 Å². The van der Waals surface area contributed by atoms with Crippen LogP contribution in [0.5, 0.6) is 11.5 Å². The topological polar surface area (TPSA) is 130 Å². The minimum Gasteiger partial charge on any atom is -0.756 e. The van der Waals surface area contributed by atoms with Crippen LogP contribution in [0.4, 0.5) is 0 Å². The molecule has 0 aromatic heterocycles. The Morgan fingerprint density at radius 2 is 1.33 bits per heavy atom. The first kappa shape index (κ1) is 29.3. The quantitative estimate of drug-likeness (QED) is 0.206. The molecule has 2 atom stereocenters. The maximum atomic E-state index is 12.6. The Bertz CT molecular complexity index is 1030. The van der Waals surface area contributed by atoms with Crippen molar-refractivity contribution in [3.05, 3.63) is 59.7 Å². The van der Waals surface area contributed by atoms with Crippen molar-refractivity contribution in [1.29, 1.82) is 0 Å². The summed E-state index contributed by atoms with van der Waals surface area (Å²) in [4.78, 5) is 37.2. The van der Waals surface area contributed by atoms with Crippen LogP contribution in [0.1, 0.15) is 20.7 Å². The smallest absolute Gasteiger partial charge is 0.338 e. The second-order valence-electron chi connectivity index (χ2n) is 8.67. The van der Waals surface area contributed by atoms with Crippen molar-refractivity contribution in [1.82, 2.24) is 0 Å². The first-order chi connectivity index (χ1) is 16.9. The van der Waals surface area contributed by atoms with Crippen LogP contribution in [0.25, 0.3) is 0 Å². The largest absolute Gasteiger partial charge is 0.756 e. The fourth-order valence-electron chi connectivity index (χ4n) is 2.68. The molecule has 0 radical (unpaired) electrons. The van der Waals surface area contributed by atoms with Gasteiger partial charge in [0.05, 0.1) is 53.1 Å². The number of quaternary nitrogens is 1. The number of carbonyl (C=O) groups is 2. The number of hydrogen-bond acceptors (Lipinski definition) is 10. The van der Waals surface area contributed by atoms with Crippen LogP contribution in [0.15, 0.2) is 48.5 Å². The molecule has 0 aliphatic carbocycles. The van der Waals surface area contributed by atoms with E-state index in [0.29, 0.717) is 22.5 Å². The van der Waals surface area contributed by atoms with Crippen LogP contribution in [0.2, 0.25) is 0 Å². The standard InChI is InChI=1S/C24H32NO10P/c1-25(2,3)14-15-33-36(28,29)34-17-22(35-24(27)19-8-12-21(31-5)13-9-19)16-32-23(26)18-6-10-20(30-4)11-7-18/h6-13,22H,14-17H2,1-5H3/t22-/m1/s1. The van der Waals surface area contributed by atoms with Crippen molar-refractivity contribution in [2.24, 2.45) is 0 Å². The first-order valence-electron chi connectivity index (χ1n) is 11.0. The maximum absolute atomic E-state index is 12.6. The van der Waals surface area contributed by atoms with Crippen LogP contribution in [0.3, 0.4) is 0 Å². The lowest BCUT2D eigenvalue weighted by Crippen LogP contribution is -2.37. The summed E-state index contributed by atoms with van der Waals surface area (Å²) in [6.45, 7) is -0.730. The van der Waals surface area contributed by atoms with Crippen LogP contribution >= 0.6 is 7.82 Å². The highest BCUT2D eigenvalue weighted by atomic mass is 31.2. The lowest BCUT2D eigenvalue weighted by Gasteiger charge is -2.28.